The van der Waals surface area contributed by atoms with Gasteiger partial charge in [0, 0.05) is 57.7 Å². The molecule has 2 aliphatic heterocycles. The summed E-state index contributed by atoms with van der Waals surface area (Å²) in [5, 5.41) is 11.7. The van der Waals surface area contributed by atoms with E-state index in [4.69, 9.17) is 0 Å². The van der Waals surface area contributed by atoms with E-state index in [0.29, 0.717) is 45.0 Å². The Kier molecular flexibility index (Phi) is 4.28. The summed E-state index contributed by atoms with van der Waals surface area (Å²) in [5.41, 5.74) is -0.771. The van der Waals surface area contributed by atoms with E-state index >= 15 is 0 Å². The van der Waals surface area contributed by atoms with Crippen molar-refractivity contribution in [2.24, 2.45) is 5.92 Å². The van der Waals surface area contributed by atoms with E-state index in [1.54, 1.807) is 0 Å². The summed E-state index contributed by atoms with van der Waals surface area (Å²) in [6, 6.07) is 0. The molecule has 130 valence electrons. The lowest BCUT2D eigenvalue weighted by atomic mass is 9.76. The molecule has 3 rings (SSSR count). The van der Waals surface area contributed by atoms with E-state index in [1.165, 1.54) is 22.1 Å². The normalized spacial score (nSPS) is 29.4. The van der Waals surface area contributed by atoms with Gasteiger partial charge in [-0.1, -0.05) is 0 Å². The van der Waals surface area contributed by atoms with Crippen LogP contribution in [0.3, 0.4) is 0 Å². The van der Waals surface area contributed by atoms with Crippen LogP contribution in [0, 0.1) is 5.92 Å². The standard InChI is InChI=1S/C13H23N5O3S2/c1-16(2)11-14-12(22-15-11)17-6-4-13(19)5-7-18(23(3,20)21)9-10(13)8-17/h10,19H,4-9H2,1-3H3/t10-,13-/m1/s1. The van der Waals surface area contributed by atoms with Crippen molar-refractivity contribution in [3.8, 4) is 0 Å². The third kappa shape index (κ3) is 3.30. The number of aromatic nitrogens is 2. The van der Waals surface area contributed by atoms with Crippen LogP contribution in [0.2, 0.25) is 0 Å². The zero-order valence-corrected chi connectivity index (χ0v) is 15.3. The van der Waals surface area contributed by atoms with E-state index in [9.17, 15) is 13.5 Å². The number of nitrogens with zero attached hydrogens (tertiary/aromatic N) is 5. The molecule has 0 spiro atoms. The zero-order chi connectivity index (χ0) is 16.8. The van der Waals surface area contributed by atoms with Gasteiger partial charge in [0.25, 0.3) is 0 Å². The Hall–Kier alpha value is -0.970. The summed E-state index contributed by atoms with van der Waals surface area (Å²) in [4.78, 5) is 8.47. The van der Waals surface area contributed by atoms with Gasteiger partial charge in [0.2, 0.25) is 21.1 Å². The molecule has 2 fully saturated rings. The zero-order valence-electron chi connectivity index (χ0n) is 13.6. The number of aliphatic hydroxyl groups is 1. The average molecular weight is 361 g/mol. The van der Waals surface area contributed by atoms with Gasteiger partial charge in [-0.15, -0.1) is 0 Å². The van der Waals surface area contributed by atoms with Crippen molar-refractivity contribution in [2.75, 3.05) is 56.3 Å². The number of hydrogen-bond donors (Lipinski definition) is 1. The van der Waals surface area contributed by atoms with Crippen molar-refractivity contribution in [3.05, 3.63) is 0 Å². The quantitative estimate of drug-likeness (QED) is 0.799. The molecule has 8 nitrogen and oxygen atoms in total. The highest BCUT2D eigenvalue weighted by Crippen LogP contribution is 2.38. The van der Waals surface area contributed by atoms with Crippen LogP contribution in [0.25, 0.3) is 0 Å². The molecule has 2 aliphatic rings. The first-order valence-electron chi connectivity index (χ1n) is 7.62. The van der Waals surface area contributed by atoms with Crippen LogP contribution in [0.5, 0.6) is 0 Å². The van der Waals surface area contributed by atoms with Crippen LogP contribution in [-0.2, 0) is 10.0 Å². The molecule has 0 aromatic carbocycles. The summed E-state index contributed by atoms with van der Waals surface area (Å²) in [5.74, 6) is 0.568. The molecule has 10 heteroatoms. The third-order valence-electron chi connectivity index (χ3n) is 4.78. The molecule has 1 aromatic heterocycles. The molecule has 2 saturated heterocycles. The SMILES string of the molecule is CN(C)c1nsc(N2CC[C@@]3(O)CCN(S(C)(=O)=O)C[C@H]3C2)n1. The van der Waals surface area contributed by atoms with Crippen LogP contribution in [0.15, 0.2) is 0 Å². The Labute approximate surface area is 140 Å². The number of sulfonamides is 1. The predicted octanol–water partition coefficient (Wildman–Crippen LogP) is -0.173. The molecular formula is C13H23N5O3S2. The van der Waals surface area contributed by atoms with Gasteiger partial charge in [0.05, 0.1) is 11.9 Å². The molecule has 1 N–H and O–H groups in total. The lowest BCUT2D eigenvalue weighted by Gasteiger charge is -2.49. The van der Waals surface area contributed by atoms with Gasteiger partial charge >= 0.3 is 0 Å². The molecule has 23 heavy (non-hydrogen) atoms. The van der Waals surface area contributed by atoms with Gasteiger partial charge in [-0.3, -0.25) is 0 Å². The first-order valence-corrected chi connectivity index (χ1v) is 10.2. The summed E-state index contributed by atoms with van der Waals surface area (Å²) in [6.07, 6.45) is 2.36. The molecule has 2 atom stereocenters. The Bertz CT molecular complexity index is 677. The van der Waals surface area contributed by atoms with Crippen LogP contribution in [0.4, 0.5) is 11.1 Å². The molecular weight excluding hydrogens is 338 g/mol. The maximum Gasteiger partial charge on any atom is 0.238 e. The maximum atomic E-state index is 11.8. The molecule has 1 aromatic rings. The molecule has 0 radical (unpaired) electrons. The van der Waals surface area contributed by atoms with Crippen LogP contribution in [-0.4, -0.2) is 79.3 Å². The van der Waals surface area contributed by atoms with Gasteiger partial charge in [0.1, 0.15) is 0 Å². The number of hydrogen-bond acceptors (Lipinski definition) is 8. The number of anilines is 2. The molecule has 3 heterocycles. The van der Waals surface area contributed by atoms with Crippen molar-refractivity contribution in [2.45, 2.75) is 18.4 Å². The fourth-order valence-electron chi connectivity index (χ4n) is 3.27. The fraction of sp³-hybridized carbons (Fsp3) is 0.846. The number of rotatable bonds is 3. The van der Waals surface area contributed by atoms with Crippen LogP contribution < -0.4 is 9.80 Å². The number of fused-ring (bicyclic) bond motifs is 1. The van der Waals surface area contributed by atoms with E-state index < -0.39 is 15.6 Å². The minimum absolute atomic E-state index is 0.105. The van der Waals surface area contributed by atoms with E-state index in [-0.39, 0.29) is 5.92 Å². The van der Waals surface area contributed by atoms with Crippen LogP contribution in [0.1, 0.15) is 12.8 Å². The topological polar surface area (TPSA) is 89.9 Å². The Balaban J connectivity index is 1.76. The molecule has 0 saturated carbocycles. The van der Waals surface area contributed by atoms with Crippen molar-refractivity contribution in [1.82, 2.24) is 13.7 Å². The van der Waals surface area contributed by atoms with Gasteiger partial charge in [-0.05, 0) is 12.8 Å². The van der Waals surface area contributed by atoms with Gasteiger partial charge in [-0.25, -0.2) is 12.7 Å². The summed E-state index contributed by atoms with van der Waals surface area (Å²) in [7, 11) is 0.569. The Morgan fingerprint density at radius 2 is 2.00 bits per heavy atom. The second-order valence-corrected chi connectivity index (χ2v) is 9.35. The second-order valence-electron chi connectivity index (χ2n) is 6.64. The van der Waals surface area contributed by atoms with E-state index in [2.05, 4.69) is 14.3 Å². The van der Waals surface area contributed by atoms with Gasteiger partial charge in [-0.2, -0.15) is 9.36 Å². The van der Waals surface area contributed by atoms with Gasteiger partial charge in [0.15, 0.2) is 0 Å². The van der Waals surface area contributed by atoms with Crippen molar-refractivity contribution >= 4 is 32.6 Å². The highest BCUT2D eigenvalue weighted by Gasteiger charge is 2.47. The molecule has 0 amide bonds. The lowest BCUT2D eigenvalue weighted by Crippen LogP contribution is -2.60. The first kappa shape index (κ1) is 16.9. The van der Waals surface area contributed by atoms with Crippen molar-refractivity contribution in [3.63, 3.8) is 0 Å². The smallest absolute Gasteiger partial charge is 0.238 e. The monoisotopic (exact) mass is 361 g/mol. The maximum absolute atomic E-state index is 11.8. The van der Waals surface area contributed by atoms with Crippen molar-refractivity contribution < 1.29 is 13.5 Å². The minimum atomic E-state index is -3.22. The third-order valence-corrected chi connectivity index (χ3v) is 6.81. The van der Waals surface area contributed by atoms with Gasteiger partial charge < -0.3 is 14.9 Å². The highest BCUT2D eigenvalue weighted by molar-refractivity contribution is 7.88. The Morgan fingerprint density at radius 3 is 2.61 bits per heavy atom. The summed E-state index contributed by atoms with van der Waals surface area (Å²) < 4.78 is 29.4. The minimum Gasteiger partial charge on any atom is -0.389 e. The predicted molar refractivity (Wildman–Crippen MR) is 90.5 cm³/mol. The van der Waals surface area contributed by atoms with E-state index in [0.717, 1.165) is 5.13 Å². The number of piperidine rings is 2. The molecule has 0 unspecified atom stereocenters. The summed E-state index contributed by atoms with van der Waals surface area (Å²) >= 11 is 1.34. The van der Waals surface area contributed by atoms with Crippen molar-refractivity contribution in [1.29, 1.82) is 0 Å². The lowest BCUT2D eigenvalue weighted by molar-refractivity contribution is -0.0687. The fourth-order valence-corrected chi connectivity index (χ4v) is 4.91. The molecule has 0 aliphatic carbocycles. The largest absolute Gasteiger partial charge is 0.389 e. The second kappa shape index (κ2) is 5.83. The Morgan fingerprint density at radius 1 is 1.30 bits per heavy atom. The molecule has 0 bridgehead atoms. The first-order chi connectivity index (χ1) is 10.7. The van der Waals surface area contributed by atoms with Crippen LogP contribution >= 0.6 is 11.5 Å². The highest BCUT2D eigenvalue weighted by atomic mass is 32.2. The average Bonchev–Trinajstić information content (AvgIpc) is 2.94. The van der Waals surface area contributed by atoms with E-state index in [1.807, 2.05) is 19.0 Å². The summed E-state index contributed by atoms with van der Waals surface area (Å²) in [6.45, 7) is 2.08.